The summed E-state index contributed by atoms with van der Waals surface area (Å²) in [6.45, 7) is 4.33. The normalized spacial score (nSPS) is 20.6. The molecular formula is C12H17N3O3S. The predicted molar refractivity (Wildman–Crippen MR) is 71.2 cm³/mol. The summed E-state index contributed by atoms with van der Waals surface area (Å²) in [5, 5.41) is 8.10. The van der Waals surface area contributed by atoms with Crippen LogP contribution in [0.15, 0.2) is 17.6 Å². The summed E-state index contributed by atoms with van der Waals surface area (Å²) < 4.78 is 24.2. The van der Waals surface area contributed by atoms with E-state index in [2.05, 4.69) is 10.4 Å². The number of aryl methyl sites for hydroxylation is 3. The van der Waals surface area contributed by atoms with Crippen LogP contribution in [0.2, 0.25) is 0 Å². The molecular weight excluding hydrogens is 266 g/mol. The van der Waals surface area contributed by atoms with E-state index in [-0.39, 0.29) is 18.1 Å². The van der Waals surface area contributed by atoms with Gasteiger partial charge in [0.15, 0.2) is 9.84 Å². The Balaban J connectivity index is 1.83. The predicted octanol–water partition coefficient (Wildman–Crippen LogP) is 0.317. The lowest BCUT2D eigenvalue weighted by Crippen LogP contribution is -2.35. The number of rotatable bonds is 4. The van der Waals surface area contributed by atoms with Crippen LogP contribution in [0, 0.1) is 13.8 Å². The first-order chi connectivity index (χ1) is 8.85. The van der Waals surface area contributed by atoms with Crippen LogP contribution in [0.25, 0.3) is 0 Å². The van der Waals surface area contributed by atoms with Gasteiger partial charge < -0.3 is 5.32 Å². The number of carbonyl (C=O) groups excluding carboxylic acids is 1. The van der Waals surface area contributed by atoms with Crippen molar-refractivity contribution in [3.63, 3.8) is 0 Å². The maximum absolute atomic E-state index is 11.7. The van der Waals surface area contributed by atoms with Gasteiger partial charge in [0.1, 0.15) is 0 Å². The Labute approximate surface area is 112 Å². The molecule has 2 heterocycles. The first-order valence-corrected chi connectivity index (χ1v) is 7.79. The number of hydrogen-bond donors (Lipinski definition) is 1. The van der Waals surface area contributed by atoms with Gasteiger partial charge in [-0.05, 0) is 26.0 Å². The number of hydrogen-bond acceptors (Lipinski definition) is 4. The molecule has 0 saturated carbocycles. The third-order valence-corrected chi connectivity index (χ3v) is 4.33. The number of nitrogens with zero attached hydrogens (tertiary/aromatic N) is 2. The Kier molecular flexibility index (Phi) is 3.75. The van der Waals surface area contributed by atoms with E-state index in [9.17, 15) is 13.2 Å². The third kappa shape index (κ3) is 3.66. The van der Waals surface area contributed by atoms with Crippen molar-refractivity contribution in [3.05, 3.63) is 28.9 Å². The van der Waals surface area contributed by atoms with E-state index < -0.39 is 15.9 Å². The standard InChI is InChI=1S/C12H17N3O3S/c1-9-7-10(2)15(14-9)5-3-12(16)13-11-4-6-19(17,18)8-11/h4,6-7,11H,3,5,8H2,1-2H3,(H,13,16)/t11-/m0/s1. The van der Waals surface area contributed by atoms with Crippen LogP contribution < -0.4 is 5.32 Å². The Bertz CT molecular complexity index is 616. The van der Waals surface area contributed by atoms with Crippen LogP contribution in [-0.4, -0.2) is 35.9 Å². The third-order valence-electron chi connectivity index (χ3n) is 2.93. The van der Waals surface area contributed by atoms with E-state index in [0.717, 1.165) is 16.8 Å². The molecule has 0 aromatic carbocycles. The van der Waals surface area contributed by atoms with E-state index in [1.807, 2.05) is 19.9 Å². The van der Waals surface area contributed by atoms with Crippen molar-refractivity contribution in [1.29, 1.82) is 0 Å². The molecule has 1 aromatic rings. The molecule has 1 aliphatic rings. The van der Waals surface area contributed by atoms with Gasteiger partial charge in [-0.15, -0.1) is 0 Å². The van der Waals surface area contributed by atoms with Gasteiger partial charge in [0.2, 0.25) is 5.91 Å². The highest BCUT2D eigenvalue weighted by atomic mass is 32.2. The number of nitrogens with one attached hydrogen (secondary N) is 1. The second-order valence-electron chi connectivity index (χ2n) is 4.73. The molecule has 0 fully saturated rings. The van der Waals surface area contributed by atoms with Crippen molar-refractivity contribution in [1.82, 2.24) is 15.1 Å². The number of aromatic nitrogens is 2. The minimum absolute atomic E-state index is 0.0430. The zero-order valence-corrected chi connectivity index (χ0v) is 11.8. The van der Waals surface area contributed by atoms with Crippen LogP contribution in [0.4, 0.5) is 0 Å². The minimum atomic E-state index is -3.12. The molecule has 0 bridgehead atoms. The van der Waals surface area contributed by atoms with E-state index >= 15 is 0 Å². The summed E-state index contributed by atoms with van der Waals surface area (Å²) in [5.74, 6) is -0.210. The van der Waals surface area contributed by atoms with Crippen molar-refractivity contribution in [3.8, 4) is 0 Å². The summed E-state index contributed by atoms with van der Waals surface area (Å²) >= 11 is 0. The summed E-state index contributed by atoms with van der Waals surface area (Å²) in [7, 11) is -3.12. The molecule has 6 nitrogen and oxygen atoms in total. The van der Waals surface area contributed by atoms with Gasteiger partial charge in [0.25, 0.3) is 0 Å². The van der Waals surface area contributed by atoms with Crippen molar-refractivity contribution in [2.75, 3.05) is 5.75 Å². The van der Waals surface area contributed by atoms with Gasteiger partial charge in [-0.25, -0.2) is 8.42 Å². The molecule has 0 spiro atoms. The number of amides is 1. The molecule has 2 rings (SSSR count). The van der Waals surface area contributed by atoms with Crippen LogP contribution in [0.1, 0.15) is 17.8 Å². The highest BCUT2D eigenvalue weighted by molar-refractivity contribution is 7.94. The van der Waals surface area contributed by atoms with Crippen molar-refractivity contribution < 1.29 is 13.2 Å². The van der Waals surface area contributed by atoms with Crippen molar-refractivity contribution >= 4 is 15.7 Å². The summed E-state index contributed by atoms with van der Waals surface area (Å²) in [6.07, 6.45) is 1.79. The maximum atomic E-state index is 11.7. The van der Waals surface area contributed by atoms with Gasteiger partial charge in [0.05, 0.1) is 17.5 Å². The molecule has 104 valence electrons. The smallest absolute Gasteiger partial charge is 0.222 e. The maximum Gasteiger partial charge on any atom is 0.222 e. The largest absolute Gasteiger partial charge is 0.349 e. The fourth-order valence-electron chi connectivity index (χ4n) is 2.05. The van der Waals surface area contributed by atoms with E-state index in [1.54, 1.807) is 4.68 Å². The van der Waals surface area contributed by atoms with Gasteiger partial charge in [0, 0.05) is 24.1 Å². The lowest BCUT2D eigenvalue weighted by Gasteiger charge is -2.10. The molecule has 0 saturated heterocycles. The molecule has 0 unspecified atom stereocenters. The average Bonchev–Trinajstić information content (AvgIpc) is 2.78. The second-order valence-corrected chi connectivity index (χ2v) is 6.66. The van der Waals surface area contributed by atoms with Crippen LogP contribution >= 0.6 is 0 Å². The van der Waals surface area contributed by atoms with Crippen LogP contribution in [0.3, 0.4) is 0 Å². The summed E-state index contributed by atoms with van der Waals surface area (Å²) in [4.78, 5) is 11.7. The lowest BCUT2D eigenvalue weighted by atomic mass is 10.3. The minimum Gasteiger partial charge on any atom is -0.349 e. The van der Waals surface area contributed by atoms with E-state index in [0.29, 0.717) is 6.54 Å². The van der Waals surface area contributed by atoms with Crippen LogP contribution in [0.5, 0.6) is 0 Å². The Morgan fingerprint density at radius 1 is 1.53 bits per heavy atom. The highest BCUT2D eigenvalue weighted by Crippen LogP contribution is 2.08. The zero-order chi connectivity index (χ0) is 14.0. The van der Waals surface area contributed by atoms with Gasteiger partial charge >= 0.3 is 0 Å². The summed E-state index contributed by atoms with van der Waals surface area (Å²) in [5.41, 5.74) is 1.93. The van der Waals surface area contributed by atoms with Crippen LogP contribution in [-0.2, 0) is 21.2 Å². The average molecular weight is 283 g/mol. The van der Waals surface area contributed by atoms with Gasteiger partial charge in [-0.3, -0.25) is 9.48 Å². The monoisotopic (exact) mass is 283 g/mol. The summed E-state index contributed by atoms with van der Waals surface area (Å²) in [6, 6.07) is 1.54. The Morgan fingerprint density at radius 3 is 2.79 bits per heavy atom. The molecule has 0 radical (unpaired) electrons. The molecule has 0 aliphatic carbocycles. The molecule has 19 heavy (non-hydrogen) atoms. The fraction of sp³-hybridized carbons (Fsp3) is 0.500. The lowest BCUT2D eigenvalue weighted by molar-refractivity contribution is -0.121. The molecule has 7 heteroatoms. The van der Waals surface area contributed by atoms with Crippen molar-refractivity contribution in [2.45, 2.75) is 32.9 Å². The quantitative estimate of drug-likeness (QED) is 0.862. The molecule has 1 N–H and O–H groups in total. The first-order valence-electron chi connectivity index (χ1n) is 6.07. The number of carbonyl (C=O) groups is 1. The topological polar surface area (TPSA) is 81.1 Å². The molecule has 1 aliphatic heterocycles. The molecule has 1 amide bonds. The Hall–Kier alpha value is -1.63. The van der Waals surface area contributed by atoms with E-state index in [4.69, 9.17) is 0 Å². The first kappa shape index (κ1) is 13.8. The van der Waals surface area contributed by atoms with Gasteiger partial charge in [-0.2, -0.15) is 5.10 Å². The Morgan fingerprint density at radius 2 is 2.26 bits per heavy atom. The fourth-order valence-corrected chi connectivity index (χ4v) is 3.29. The highest BCUT2D eigenvalue weighted by Gasteiger charge is 2.22. The van der Waals surface area contributed by atoms with Gasteiger partial charge in [-0.1, -0.05) is 0 Å². The molecule has 1 atom stereocenters. The zero-order valence-electron chi connectivity index (χ0n) is 11.0. The van der Waals surface area contributed by atoms with E-state index in [1.165, 1.54) is 6.08 Å². The van der Waals surface area contributed by atoms with Crippen molar-refractivity contribution in [2.24, 2.45) is 0 Å². The SMILES string of the molecule is Cc1cc(C)n(CCC(=O)N[C@H]2C=CS(=O)(=O)C2)n1. The molecule has 1 aromatic heterocycles. The number of sulfone groups is 1. The second kappa shape index (κ2) is 5.16.